The zero-order valence-electron chi connectivity index (χ0n) is 7.23. The number of phosphoric ester groups is 1. The molecule has 5 nitrogen and oxygen atoms in total. The fraction of sp³-hybridized carbons (Fsp3) is 0.833. The fourth-order valence-electron chi connectivity index (χ4n) is 0.210. The SMILES string of the molecule is CCC.N#CCCOP(=O)(O)O. The van der Waals surface area contributed by atoms with E-state index in [2.05, 4.69) is 18.4 Å². The molecule has 0 aliphatic carbocycles. The van der Waals surface area contributed by atoms with Crippen LogP contribution in [-0.4, -0.2) is 16.4 Å². The van der Waals surface area contributed by atoms with E-state index in [0.29, 0.717) is 0 Å². The molecule has 0 saturated heterocycles. The Morgan fingerprint density at radius 1 is 1.50 bits per heavy atom. The predicted molar refractivity (Wildman–Crippen MR) is 44.2 cm³/mol. The van der Waals surface area contributed by atoms with Gasteiger partial charge in [0.1, 0.15) is 0 Å². The average Bonchev–Trinajstić information content (AvgIpc) is 1.87. The maximum absolute atomic E-state index is 9.87. The van der Waals surface area contributed by atoms with E-state index in [-0.39, 0.29) is 13.0 Å². The molecule has 12 heavy (non-hydrogen) atoms. The molecule has 0 rings (SSSR count). The lowest BCUT2D eigenvalue weighted by atomic mass is 10.5. The number of rotatable bonds is 3. The average molecular weight is 195 g/mol. The topological polar surface area (TPSA) is 90.5 Å². The van der Waals surface area contributed by atoms with Gasteiger partial charge in [-0.1, -0.05) is 20.3 Å². The first-order valence-corrected chi connectivity index (χ1v) is 5.08. The smallest absolute Gasteiger partial charge is 0.303 e. The van der Waals surface area contributed by atoms with E-state index in [1.165, 1.54) is 6.42 Å². The maximum Gasteiger partial charge on any atom is 0.469 e. The monoisotopic (exact) mass is 195 g/mol. The van der Waals surface area contributed by atoms with Crippen molar-refractivity contribution < 1.29 is 18.9 Å². The van der Waals surface area contributed by atoms with E-state index in [0.717, 1.165) is 0 Å². The van der Waals surface area contributed by atoms with E-state index in [9.17, 15) is 4.57 Å². The van der Waals surface area contributed by atoms with Crippen LogP contribution in [0.15, 0.2) is 0 Å². The summed E-state index contributed by atoms with van der Waals surface area (Å²) >= 11 is 0. The van der Waals surface area contributed by atoms with E-state index in [1.54, 1.807) is 6.07 Å². The van der Waals surface area contributed by atoms with Crippen LogP contribution < -0.4 is 0 Å². The maximum atomic E-state index is 9.87. The minimum Gasteiger partial charge on any atom is -0.303 e. The highest BCUT2D eigenvalue weighted by atomic mass is 31.2. The van der Waals surface area contributed by atoms with Gasteiger partial charge in [0.2, 0.25) is 0 Å². The number of nitriles is 1. The summed E-state index contributed by atoms with van der Waals surface area (Å²) in [5.74, 6) is 0. The lowest BCUT2D eigenvalue weighted by molar-refractivity contribution is 0.201. The van der Waals surface area contributed by atoms with Gasteiger partial charge in [-0.15, -0.1) is 0 Å². The normalized spacial score (nSPS) is 9.58. The molecule has 0 aliphatic heterocycles. The Balaban J connectivity index is 0. The second kappa shape index (κ2) is 8.69. The van der Waals surface area contributed by atoms with Crippen LogP contribution in [0.25, 0.3) is 0 Å². The number of hydrogen-bond acceptors (Lipinski definition) is 3. The van der Waals surface area contributed by atoms with Crippen LogP contribution in [0.3, 0.4) is 0 Å². The molecular formula is C6H14NO4P. The minimum absolute atomic E-state index is 0.00882. The number of phosphoric acid groups is 1. The zero-order valence-corrected chi connectivity index (χ0v) is 8.12. The van der Waals surface area contributed by atoms with Crippen molar-refractivity contribution >= 4 is 7.82 Å². The summed E-state index contributed by atoms with van der Waals surface area (Å²) in [7, 11) is -4.35. The summed E-state index contributed by atoms with van der Waals surface area (Å²) in [5, 5.41) is 7.88. The van der Waals surface area contributed by atoms with E-state index < -0.39 is 7.82 Å². The van der Waals surface area contributed by atoms with Gasteiger partial charge in [0, 0.05) is 0 Å². The molecule has 0 aromatic carbocycles. The van der Waals surface area contributed by atoms with Gasteiger partial charge in [0.25, 0.3) is 0 Å². The number of nitrogens with zero attached hydrogens (tertiary/aromatic N) is 1. The van der Waals surface area contributed by atoms with Crippen LogP contribution in [0.5, 0.6) is 0 Å². The lowest BCUT2D eigenvalue weighted by Gasteiger charge is -1.99. The Kier molecular flexibility index (Phi) is 10.2. The molecule has 0 radical (unpaired) electrons. The quantitative estimate of drug-likeness (QED) is 0.525. The summed E-state index contributed by atoms with van der Waals surface area (Å²) in [6, 6.07) is 1.67. The summed E-state index contributed by atoms with van der Waals surface area (Å²) < 4.78 is 13.8. The molecule has 0 aromatic rings. The van der Waals surface area contributed by atoms with Gasteiger partial charge in [0.15, 0.2) is 0 Å². The van der Waals surface area contributed by atoms with E-state index >= 15 is 0 Å². The van der Waals surface area contributed by atoms with Crippen LogP contribution in [0.1, 0.15) is 26.7 Å². The minimum atomic E-state index is -4.35. The van der Waals surface area contributed by atoms with Crippen molar-refractivity contribution in [2.45, 2.75) is 26.7 Å². The third-order valence-electron chi connectivity index (χ3n) is 0.473. The molecule has 0 atom stereocenters. The van der Waals surface area contributed by atoms with Crippen LogP contribution in [0.4, 0.5) is 0 Å². The van der Waals surface area contributed by atoms with Gasteiger partial charge in [0.05, 0.1) is 19.1 Å². The Bertz CT molecular complexity index is 171. The van der Waals surface area contributed by atoms with Crippen molar-refractivity contribution in [1.29, 1.82) is 5.26 Å². The van der Waals surface area contributed by atoms with Crippen molar-refractivity contribution in [2.24, 2.45) is 0 Å². The largest absolute Gasteiger partial charge is 0.469 e. The van der Waals surface area contributed by atoms with E-state index in [1.807, 2.05) is 0 Å². The molecule has 0 heterocycles. The van der Waals surface area contributed by atoms with Crippen LogP contribution >= 0.6 is 7.82 Å². The first-order chi connectivity index (χ1) is 5.47. The summed E-state index contributed by atoms with van der Waals surface area (Å²) in [6.45, 7) is 4.03. The summed E-state index contributed by atoms with van der Waals surface area (Å²) in [6.07, 6.45) is 1.24. The molecule has 0 aliphatic rings. The highest BCUT2D eigenvalue weighted by molar-refractivity contribution is 7.46. The number of hydrogen-bond donors (Lipinski definition) is 2. The Morgan fingerprint density at radius 3 is 2.17 bits per heavy atom. The molecule has 0 saturated carbocycles. The summed E-state index contributed by atoms with van der Waals surface area (Å²) in [4.78, 5) is 16.0. The molecule has 0 fully saturated rings. The van der Waals surface area contributed by atoms with Gasteiger partial charge in [-0.25, -0.2) is 4.57 Å². The Labute approximate surface area is 72.2 Å². The Morgan fingerprint density at radius 2 is 1.92 bits per heavy atom. The molecule has 0 bridgehead atoms. The van der Waals surface area contributed by atoms with Crippen molar-refractivity contribution in [2.75, 3.05) is 6.61 Å². The molecule has 72 valence electrons. The standard InChI is InChI=1S/C3H6NO4P.C3H8/c4-2-1-3-8-9(5,6)7;1-3-2/h1,3H2,(H2,5,6,7);3H2,1-2H3. The molecule has 0 amide bonds. The van der Waals surface area contributed by atoms with E-state index in [4.69, 9.17) is 15.0 Å². The molecule has 2 N–H and O–H groups in total. The highest BCUT2D eigenvalue weighted by Gasteiger charge is 2.11. The van der Waals surface area contributed by atoms with Crippen LogP contribution in [0.2, 0.25) is 0 Å². The van der Waals surface area contributed by atoms with Gasteiger partial charge in [-0.05, 0) is 0 Å². The van der Waals surface area contributed by atoms with Crippen LogP contribution in [0, 0.1) is 11.3 Å². The van der Waals surface area contributed by atoms with Gasteiger partial charge in [-0.2, -0.15) is 5.26 Å². The van der Waals surface area contributed by atoms with Crippen molar-refractivity contribution in [3.05, 3.63) is 0 Å². The molecule has 0 unspecified atom stereocenters. The van der Waals surface area contributed by atoms with Gasteiger partial charge >= 0.3 is 7.82 Å². The lowest BCUT2D eigenvalue weighted by Crippen LogP contribution is -1.89. The third kappa shape index (κ3) is 22.6. The molecule has 0 spiro atoms. The zero-order chi connectivity index (χ0) is 10.0. The summed E-state index contributed by atoms with van der Waals surface area (Å²) in [5.41, 5.74) is 0. The van der Waals surface area contributed by atoms with Crippen molar-refractivity contribution in [3.8, 4) is 6.07 Å². The second-order valence-electron chi connectivity index (χ2n) is 1.94. The van der Waals surface area contributed by atoms with Crippen molar-refractivity contribution in [1.82, 2.24) is 0 Å². The van der Waals surface area contributed by atoms with Crippen LogP contribution in [-0.2, 0) is 9.09 Å². The molecular weight excluding hydrogens is 181 g/mol. The Hall–Kier alpha value is -0.400. The second-order valence-corrected chi connectivity index (χ2v) is 3.18. The predicted octanol–water partition coefficient (Wildman–Crippen LogP) is 1.43. The third-order valence-corrected chi connectivity index (χ3v) is 0.992. The highest BCUT2D eigenvalue weighted by Crippen LogP contribution is 2.35. The molecule has 0 aromatic heterocycles. The fourth-order valence-corrected chi connectivity index (χ4v) is 0.539. The van der Waals surface area contributed by atoms with Crippen molar-refractivity contribution in [3.63, 3.8) is 0 Å². The van der Waals surface area contributed by atoms with Gasteiger partial charge < -0.3 is 9.79 Å². The first kappa shape index (κ1) is 14.1. The first-order valence-electron chi connectivity index (χ1n) is 3.55. The van der Waals surface area contributed by atoms with Gasteiger partial charge in [-0.3, -0.25) is 4.52 Å². The molecule has 6 heteroatoms.